The van der Waals surface area contributed by atoms with E-state index in [9.17, 15) is 9.59 Å². The Bertz CT molecular complexity index is 810. The van der Waals surface area contributed by atoms with Crippen molar-refractivity contribution in [2.24, 2.45) is 0 Å². The second kappa shape index (κ2) is 9.01. The molecule has 1 atom stereocenters. The minimum absolute atomic E-state index is 0.109. The molecule has 1 aromatic carbocycles. The zero-order valence-electron chi connectivity index (χ0n) is 16.6. The number of methoxy groups -OCH3 is 1. The average molecular weight is 384 g/mol. The molecule has 150 valence electrons. The van der Waals surface area contributed by atoms with Crippen LogP contribution in [0.2, 0.25) is 0 Å². The lowest BCUT2D eigenvalue weighted by molar-refractivity contribution is 0.0597. The van der Waals surface area contributed by atoms with Gasteiger partial charge in [0.25, 0.3) is 11.8 Å². The summed E-state index contributed by atoms with van der Waals surface area (Å²) in [5.74, 6) is -0.514. The summed E-state index contributed by atoms with van der Waals surface area (Å²) in [7, 11) is 3.28. The molecule has 1 fully saturated rings. The molecule has 2 N–H and O–H groups in total. The number of carbonyl (C=O) groups is 2. The van der Waals surface area contributed by atoms with Crippen LogP contribution in [0.15, 0.2) is 36.4 Å². The molecule has 1 heterocycles. The van der Waals surface area contributed by atoms with Gasteiger partial charge in [-0.25, -0.2) is 0 Å². The van der Waals surface area contributed by atoms with Gasteiger partial charge < -0.3 is 15.4 Å². The number of hydrogen-bond acceptors (Lipinski definition) is 4. The fourth-order valence-electron chi connectivity index (χ4n) is 3.67. The Morgan fingerprint density at radius 1 is 1.14 bits per heavy atom. The second-order valence-corrected chi connectivity index (χ2v) is 7.21. The van der Waals surface area contributed by atoms with Crippen molar-refractivity contribution in [2.45, 2.75) is 50.8 Å². The van der Waals surface area contributed by atoms with Crippen molar-refractivity contribution in [3.63, 3.8) is 0 Å². The van der Waals surface area contributed by atoms with Crippen LogP contribution in [-0.2, 0) is 4.74 Å². The molecule has 1 saturated carbocycles. The zero-order valence-corrected chi connectivity index (χ0v) is 16.6. The number of rotatable bonds is 6. The van der Waals surface area contributed by atoms with Crippen molar-refractivity contribution >= 4 is 11.8 Å². The molecule has 7 heteroatoms. The van der Waals surface area contributed by atoms with Crippen molar-refractivity contribution in [2.75, 3.05) is 14.2 Å². The molecule has 0 radical (unpaired) electrons. The summed E-state index contributed by atoms with van der Waals surface area (Å²) in [5, 5.41) is 10.1. The fraction of sp³-hybridized carbons (Fsp3) is 0.476. The van der Waals surface area contributed by atoms with Gasteiger partial charge in [-0.05, 0) is 38.2 Å². The molecule has 1 aromatic heterocycles. The monoisotopic (exact) mass is 384 g/mol. The summed E-state index contributed by atoms with van der Waals surface area (Å²) in [5.41, 5.74) is 1.64. The highest BCUT2D eigenvalue weighted by molar-refractivity contribution is 5.98. The van der Waals surface area contributed by atoms with Crippen LogP contribution < -0.4 is 10.6 Å². The summed E-state index contributed by atoms with van der Waals surface area (Å²) < 4.78 is 7.03. The Balaban J connectivity index is 1.83. The average Bonchev–Trinajstić information content (AvgIpc) is 3.19. The van der Waals surface area contributed by atoms with Crippen LogP contribution in [0.5, 0.6) is 0 Å². The molecular formula is C21H28N4O3. The van der Waals surface area contributed by atoms with E-state index in [-0.39, 0.29) is 35.7 Å². The van der Waals surface area contributed by atoms with Crippen molar-refractivity contribution in [3.05, 3.63) is 53.3 Å². The van der Waals surface area contributed by atoms with Gasteiger partial charge in [-0.15, -0.1) is 0 Å². The van der Waals surface area contributed by atoms with E-state index in [1.165, 1.54) is 0 Å². The van der Waals surface area contributed by atoms with Crippen LogP contribution in [0.4, 0.5) is 0 Å². The first-order chi connectivity index (χ1) is 13.5. The largest absolute Gasteiger partial charge is 0.381 e. The summed E-state index contributed by atoms with van der Waals surface area (Å²) in [6.45, 7) is 1.97. The lowest BCUT2D eigenvalue weighted by atomic mass is 9.93. The van der Waals surface area contributed by atoms with E-state index in [4.69, 9.17) is 4.74 Å². The topological polar surface area (TPSA) is 85.3 Å². The number of nitrogens with zero attached hydrogens (tertiary/aromatic N) is 2. The quantitative estimate of drug-likeness (QED) is 0.801. The molecule has 0 spiro atoms. The minimum Gasteiger partial charge on any atom is -0.381 e. The first-order valence-electron chi connectivity index (χ1n) is 9.73. The van der Waals surface area contributed by atoms with E-state index in [0.717, 1.165) is 31.2 Å². The number of amides is 2. The molecule has 0 aliphatic heterocycles. The van der Waals surface area contributed by atoms with Crippen molar-refractivity contribution in [3.8, 4) is 0 Å². The Kier molecular flexibility index (Phi) is 6.46. The predicted molar refractivity (Wildman–Crippen MR) is 106 cm³/mol. The maximum absolute atomic E-state index is 13.0. The highest BCUT2D eigenvalue weighted by Gasteiger charge is 2.26. The molecule has 0 bridgehead atoms. The predicted octanol–water partition coefficient (Wildman–Crippen LogP) is 2.54. The Morgan fingerprint density at radius 3 is 2.43 bits per heavy atom. The van der Waals surface area contributed by atoms with Gasteiger partial charge in [0.15, 0.2) is 5.69 Å². The molecule has 2 aromatic rings. The van der Waals surface area contributed by atoms with Gasteiger partial charge in [-0.3, -0.25) is 14.3 Å². The van der Waals surface area contributed by atoms with Gasteiger partial charge in [0.1, 0.15) is 5.69 Å². The van der Waals surface area contributed by atoms with Crippen LogP contribution in [0, 0.1) is 0 Å². The maximum Gasteiger partial charge on any atom is 0.271 e. The second-order valence-electron chi connectivity index (χ2n) is 7.21. The van der Waals surface area contributed by atoms with Gasteiger partial charge >= 0.3 is 0 Å². The van der Waals surface area contributed by atoms with Gasteiger partial charge in [0, 0.05) is 26.3 Å². The van der Waals surface area contributed by atoms with E-state index in [2.05, 4.69) is 15.7 Å². The third-order valence-electron chi connectivity index (χ3n) is 5.42. The van der Waals surface area contributed by atoms with Crippen LogP contribution in [0.25, 0.3) is 0 Å². The van der Waals surface area contributed by atoms with E-state index >= 15 is 0 Å². The number of aromatic nitrogens is 2. The van der Waals surface area contributed by atoms with Crippen LogP contribution in [0.1, 0.15) is 65.2 Å². The number of carbonyl (C=O) groups excluding carboxylic acids is 2. The van der Waals surface area contributed by atoms with Crippen molar-refractivity contribution in [1.29, 1.82) is 0 Å². The van der Waals surface area contributed by atoms with Gasteiger partial charge in [0.05, 0.1) is 12.1 Å². The number of nitrogens with one attached hydrogen (secondary N) is 2. The van der Waals surface area contributed by atoms with E-state index in [1.807, 2.05) is 37.3 Å². The lowest BCUT2D eigenvalue weighted by Crippen LogP contribution is -2.40. The van der Waals surface area contributed by atoms with E-state index < -0.39 is 0 Å². The standard InChI is InChI=1S/C21H28N4O3/c1-14(15-7-5-4-6-8-15)25-19(13-18(24-25)20(26)22-2)21(27)23-16-9-11-17(28-3)12-10-16/h4-8,13-14,16-17H,9-12H2,1-3H3,(H,22,26)(H,23,27)/t14-,16-,17-/m0/s1. The number of hydrogen-bond donors (Lipinski definition) is 2. The maximum atomic E-state index is 13.0. The summed E-state index contributed by atoms with van der Waals surface area (Å²) >= 11 is 0. The zero-order chi connectivity index (χ0) is 20.1. The summed E-state index contributed by atoms with van der Waals surface area (Å²) in [6, 6.07) is 11.3. The summed E-state index contributed by atoms with van der Waals surface area (Å²) in [4.78, 5) is 25.1. The van der Waals surface area contributed by atoms with Gasteiger partial charge in [-0.1, -0.05) is 30.3 Å². The molecule has 2 amide bonds. The van der Waals surface area contributed by atoms with Crippen LogP contribution in [-0.4, -0.2) is 47.9 Å². The van der Waals surface area contributed by atoms with E-state index in [0.29, 0.717) is 5.69 Å². The van der Waals surface area contributed by atoms with E-state index in [1.54, 1.807) is 24.9 Å². The van der Waals surface area contributed by atoms with Crippen molar-refractivity contribution < 1.29 is 14.3 Å². The highest BCUT2D eigenvalue weighted by Crippen LogP contribution is 2.23. The van der Waals surface area contributed by atoms with Gasteiger partial charge in [-0.2, -0.15) is 5.10 Å². The molecule has 7 nitrogen and oxygen atoms in total. The third-order valence-corrected chi connectivity index (χ3v) is 5.42. The van der Waals surface area contributed by atoms with Crippen LogP contribution in [0.3, 0.4) is 0 Å². The smallest absolute Gasteiger partial charge is 0.271 e. The molecule has 0 unspecified atom stereocenters. The fourth-order valence-corrected chi connectivity index (χ4v) is 3.67. The third kappa shape index (κ3) is 4.42. The molecule has 1 aliphatic rings. The van der Waals surface area contributed by atoms with Crippen LogP contribution >= 0.6 is 0 Å². The minimum atomic E-state index is -0.311. The molecule has 0 saturated heterocycles. The Morgan fingerprint density at radius 2 is 1.82 bits per heavy atom. The molecular weight excluding hydrogens is 356 g/mol. The first kappa shape index (κ1) is 20.1. The highest BCUT2D eigenvalue weighted by atomic mass is 16.5. The molecule has 3 rings (SSSR count). The Labute approximate surface area is 165 Å². The summed E-state index contributed by atoms with van der Waals surface area (Å²) in [6.07, 6.45) is 3.91. The van der Waals surface area contributed by atoms with Crippen molar-refractivity contribution in [1.82, 2.24) is 20.4 Å². The van der Waals surface area contributed by atoms with Gasteiger partial charge in [0.2, 0.25) is 0 Å². The normalized spacial score (nSPS) is 20.4. The SMILES string of the molecule is CNC(=O)c1cc(C(=O)N[C@H]2CC[C@H](OC)CC2)n([C@@H](C)c2ccccc2)n1. The molecule has 1 aliphatic carbocycles. The number of benzene rings is 1. The molecule has 28 heavy (non-hydrogen) atoms. The first-order valence-corrected chi connectivity index (χ1v) is 9.73. The Hall–Kier alpha value is -2.67. The number of ether oxygens (including phenoxy) is 1. The lowest BCUT2D eigenvalue weighted by Gasteiger charge is -2.28.